The fourth-order valence-electron chi connectivity index (χ4n) is 2.05. The van der Waals surface area contributed by atoms with E-state index in [1.807, 2.05) is 0 Å². The maximum absolute atomic E-state index is 13.1. The zero-order valence-corrected chi connectivity index (χ0v) is 14.5. The third-order valence-electron chi connectivity index (χ3n) is 3.47. The van der Waals surface area contributed by atoms with Gasteiger partial charge in [0.05, 0.1) is 5.56 Å². The molecule has 26 heavy (non-hydrogen) atoms. The van der Waals surface area contributed by atoms with Crippen LogP contribution in [0.5, 0.6) is 11.5 Å². The molecular formula is C21H19F2NO2. The maximum atomic E-state index is 13.1. The Kier molecular flexibility index (Phi) is 6.44. The molecule has 0 fully saturated rings. The molecule has 3 nitrogen and oxygen atoms in total. The van der Waals surface area contributed by atoms with Gasteiger partial charge in [-0.05, 0) is 50.2 Å². The molecule has 0 aliphatic carbocycles. The molecule has 0 bridgehead atoms. The predicted octanol–water partition coefficient (Wildman–Crippen LogP) is 5.16. The van der Waals surface area contributed by atoms with Gasteiger partial charge in [0.15, 0.2) is 0 Å². The van der Waals surface area contributed by atoms with Gasteiger partial charge in [-0.3, -0.25) is 4.79 Å². The summed E-state index contributed by atoms with van der Waals surface area (Å²) in [6.07, 6.45) is 0. The van der Waals surface area contributed by atoms with Gasteiger partial charge in [-0.25, -0.2) is 8.78 Å². The number of rotatable bonds is 3. The van der Waals surface area contributed by atoms with Crippen LogP contribution in [-0.2, 0) is 0 Å². The van der Waals surface area contributed by atoms with Gasteiger partial charge < -0.3 is 10.5 Å². The average molecular weight is 355 g/mol. The Bertz CT molecular complexity index is 855. The molecule has 3 rings (SSSR count). The van der Waals surface area contributed by atoms with Crippen LogP contribution in [0, 0.1) is 25.5 Å². The predicted molar refractivity (Wildman–Crippen MR) is 97.3 cm³/mol. The van der Waals surface area contributed by atoms with Crippen LogP contribution >= 0.6 is 0 Å². The summed E-state index contributed by atoms with van der Waals surface area (Å²) in [5.41, 5.74) is 7.86. The highest BCUT2D eigenvalue weighted by Crippen LogP contribution is 2.26. The molecule has 0 spiro atoms. The van der Waals surface area contributed by atoms with Crippen LogP contribution in [0.4, 0.5) is 8.78 Å². The monoisotopic (exact) mass is 355 g/mol. The van der Waals surface area contributed by atoms with Gasteiger partial charge in [0.2, 0.25) is 0 Å². The Morgan fingerprint density at radius 2 is 1.31 bits per heavy atom. The first-order valence-corrected chi connectivity index (χ1v) is 7.91. The number of carbonyl (C=O) groups is 1. The van der Waals surface area contributed by atoms with E-state index in [-0.39, 0.29) is 17.1 Å². The molecule has 2 N–H and O–H groups in total. The van der Waals surface area contributed by atoms with E-state index in [0.717, 1.165) is 12.1 Å². The number of primary amides is 1. The molecule has 0 atom stereocenters. The second-order valence-electron chi connectivity index (χ2n) is 5.72. The topological polar surface area (TPSA) is 52.3 Å². The van der Waals surface area contributed by atoms with Gasteiger partial charge in [0.1, 0.15) is 23.1 Å². The Balaban J connectivity index is 0.000000254. The molecule has 0 unspecified atom stereocenters. The normalized spacial score (nSPS) is 9.85. The molecule has 0 heterocycles. The molecule has 5 heteroatoms. The third kappa shape index (κ3) is 5.70. The smallest absolute Gasteiger partial charge is 0.252 e. The van der Waals surface area contributed by atoms with Crippen molar-refractivity contribution in [3.05, 3.63) is 95.1 Å². The van der Waals surface area contributed by atoms with Crippen molar-refractivity contribution in [2.75, 3.05) is 0 Å². The van der Waals surface area contributed by atoms with Crippen molar-refractivity contribution in [1.29, 1.82) is 0 Å². The number of halogens is 2. The lowest BCUT2D eigenvalue weighted by Crippen LogP contribution is -2.12. The second kappa shape index (κ2) is 8.76. The largest absolute Gasteiger partial charge is 0.456 e. The molecule has 1 amide bonds. The standard InChI is InChI=1S/C13H9F2NO2.C8H10/c14-8-1-4-10(5-2-8)18-12-7-9(15)3-6-11(12)13(16)17;1-7-3-5-8(2)6-4-7/h1-7H,(H2,16,17);3-6H,1-2H3. The quantitative estimate of drug-likeness (QED) is 0.705. The van der Waals surface area contributed by atoms with Crippen molar-refractivity contribution in [3.63, 3.8) is 0 Å². The number of hydrogen-bond donors (Lipinski definition) is 1. The number of aryl methyl sites for hydroxylation is 2. The van der Waals surface area contributed by atoms with Crippen LogP contribution in [0.25, 0.3) is 0 Å². The summed E-state index contributed by atoms with van der Waals surface area (Å²) in [7, 11) is 0. The van der Waals surface area contributed by atoms with Crippen molar-refractivity contribution in [2.24, 2.45) is 5.73 Å². The van der Waals surface area contributed by atoms with E-state index >= 15 is 0 Å². The second-order valence-corrected chi connectivity index (χ2v) is 5.72. The van der Waals surface area contributed by atoms with E-state index < -0.39 is 17.5 Å². The van der Waals surface area contributed by atoms with Gasteiger partial charge in [-0.1, -0.05) is 35.4 Å². The average Bonchev–Trinajstić information content (AvgIpc) is 2.60. The Morgan fingerprint density at radius 1 is 0.808 bits per heavy atom. The number of ether oxygens (including phenoxy) is 1. The van der Waals surface area contributed by atoms with Crippen molar-refractivity contribution in [3.8, 4) is 11.5 Å². The third-order valence-corrected chi connectivity index (χ3v) is 3.47. The fraction of sp³-hybridized carbons (Fsp3) is 0.0952. The summed E-state index contributed by atoms with van der Waals surface area (Å²) in [5.74, 6) is -1.43. The van der Waals surface area contributed by atoms with Crippen LogP contribution in [0.2, 0.25) is 0 Å². The van der Waals surface area contributed by atoms with E-state index in [1.165, 1.54) is 41.5 Å². The SMILES string of the molecule is Cc1ccc(C)cc1.NC(=O)c1ccc(F)cc1Oc1ccc(F)cc1. The highest BCUT2D eigenvalue weighted by Gasteiger charge is 2.11. The first-order chi connectivity index (χ1) is 12.3. The van der Waals surface area contributed by atoms with Gasteiger partial charge in [-0.15, -0.1) is 0 Å². The molecule has 0 aromatic heterocycles. The molecule has 0 saturated carbocycles. The number of carbonyl (C=O) groups excluding carboxylic acids is 1. The fourth-order valence-corrected chi connectivity index (χ4v) is 2.05. The molecule has 0 aliphatic rings. The van der Waals surface area contributed by atoms with Crippen LogP contribution in [0.15, 0.2) is 66.7 Å². The molecular weight excluding hydrogens is 336 g/mol. The van der Waals surface area contributed by atoms with Crippen molar-refractivity contribution < 1.29 is 18.3 Å². The molecule has 0 saturated heterocycles. The minimum Gasteiger partial charge on any atom is -0.456 e. The van der Waals surface area contributed by atoms with E-state index in [9.17, 15) is 13.6 Å². The summed E-state index contributed by atoms with van der Waals surface area (Å²) in [6, 6.07) is 17.0. The van der Waals surface area contributed by atoms with E-state index in [2.05, 4.69) is 38.1 Å². The van der Waals surface area contributed by atoms with Gasteiger partial charge in [0, 0.05) is 6.07 Å². The van der Waals surface area contributed by atoms with Crippen molar-refractivity contribution in [2.45, 2.75) is 13.8 Å². The van der Waals surface area contributed by atoms with E-state index in [4.69, 9.17) is 10.5 Å². The number of amides is 1. The zero-order chi connectivity index (χ0) is 19.1. The molecule has 134 valence electrons. The highest BCUT2D eigenvalue weighted by atomic mass is 19.1. The van der Waals surface area contributed by atoms with Crippen LogP contribution in [0.1, 0.15) is 21.5 Å². The molecule has 3 aromatic carbocycles. The molecule has 0 aliphatic heterocycles. The first-order valence-electron chi connectivity index (χ1n) is 7.91. The van der Waals surface area contributed by atoms with Gasteiger partial charge in [0.25, 0.3) is 5.91 Å². The van der Waals surface area contributed by atoms with Crippen LogP contribution in [0.3, 0.4) is 0 Å². The highest BCUT2D eigenvalue weighted by molar-refractivity contribution is 5.95. The zero-order valence-electron chi connectivity index (χ0n) is 14.5. The summed E-state index contributed by atoms with van der Waals surface area (Å²) < 4.78 is 31.1. The minimum absolute atomic E-state index is 0.00546. The Labute approximate surface area is 151 Å². The lowest BCUT2D eigenvalue weighted by molar-refractivity contribution is 0.0998. The Hall–Kier alpha value is -3.21. The van der Waals surface area contributed by atoms with E-state index in [1.54, 1.807) is 0 Å². The number of hydrogen-bond acceptors (Lipinski definition) is 2. The Morgan fingerprint density at radius 3 is 1.81 bits per heavy atom. The number of benzene rings is 3. The van der Waals surface area contributed by atoms with Crippen molar-refractivity contribution in [1.82, 2.24) is 0 Å². The van der Waals surface area contributed by atoms with Crippen LogP contribution < -0.4 is 10.5 Å². The summed E-state index contributed by atoms with van der Waals surface area (Å²) in [4.78, 5) is 11.1. The van der Waals surface area contributed by atoms with Gasteiger partial charge >= 0.3 is 0 Å². The maximum Gasteiger partial charge on any atom is 0.252 e. The lowest BCUT2D eigenvalue weighted by atomic mass is 10.2. The van der Waals surface area contributed by atoms with Gasteiger partial charge in [-0.2, -0.15) is 0 Å². The minimum atomic E-state index is -0.730. The van der Waals surface area contributed by atoms with Crippen LogP contribution in [-0.4, -0.2) is 5.91 Å². The molecule has 0 radical (unpaired) electrons. The lowest BCUT2D eigenvalue weighted by Gasteiger charge is -2.09. The molecule has 3 aromatic rings. The van der Waals surface area contributed by atoms with Crippen molar-refractivity contribution >= 4 is 5.91 Å². The first kappa shape index (κ1) is 19.1. The summed E-state index contributed by atoms with van der Waals surface area (Å²) in [5, 5.41) is 0. The summed E-state index contributed by atoms with van der Waals surface area (Å²) >= 11 is 0. The summed E-state index contributed by atoms with van der Waals surface area (Å²) in [6.45, 7) is 4.19. The van der Waals surface area contributed by atoms with E-state index in [0.29, 0.717) is 0 Å². The number of nitrogens with two attached hydrogens (primary N) is 1.